The van der Waals surface area contributed by atoms with Crippen molar-refractivity contribution in [3.63, 3.8) is 0 Å². The largest absolute Gasteiger partial charge is 0.382 e. The second-order valence-electron chi connectivity index (χ2n) is 5.43. The van der Waals surface area contributed by atoms with Crippen LogP contribution >= 0.6 is 0 Å². The molecule has 2 rings (SSSR count). The molecular formula is C14H23N3O2S. The van der Waals surface area contributed by atoms with Crippen molar-refractivity contribution in [1.82, 2.24) is 9.62 Å². The van der Waals surface area contributed by atoms with Crippen LogP contribution in [0.4, 0.5) is 5.69 Å². The molecule has 0 saturated carbocycles. The molecular weight excluding hydrogens is 274 g/mol. The van der Waals surface area contributed by atoms with Gasteiger partial charge in [-0.05, 0) is 52.1 Å². The smallest absolute Gasteiger partial charge is 0.240 e. The Kier molecular flexibility index (Phi) is 4.67. The molecule has 0 aromatic heterocycles. The van der Waals surface area contributed by atoms with Gasteiger partial charge in [-0.1, -0.05) is 6.07 Å². The number of benzene rings is 1. The van der Waals surface area contributed by atoms with Crippen molar-refractivity contribution < 1.29 is 8.42 Å². The summed E-state index contributed by atoms with van der Waals surface area (Å²) in [6.45, 7) is 3.28. The maximum atomic E-state index is 11.8. The van der Waals surface area contributed by atoms with E-state index in [0.717, 1.165) is 25.1 Å². The van der Waals surface area contributed by atoms with Crippen molar-refractivity contribution in [3.05, 3.63) is 24.3 Å². The van der Waals surface area contributed by atoms with E-state index < -0.39 is 10.0 Å². The molecule has 1 aliphatic rings. The van der Waals surface area contributed by atoms with Gasteiger partial charge in [0, 0.05) is 24.3 Å². The SMILES string of the molecule is CNS(=O)(=O)c1cccc(NC2CCN(C)C(C)C2)c1. The fourth-order valence-electron chi connectivity index (χ4n) is 2.53. The summed E-state index contributed by atoms with van der Waals surface area (Å²) in [6.07, 6.45) is 2.14. The monoisotopic (exact) mass is 297 g/mol. The number of hydrogen-bond acceptors (Lipinski definition) is 4. The van der Waals surface area contributed by atoms with Crippen LogP contribution in [0.3, 0.4) is 0 Å². The fourth-order valence-corrected chi connectivity index (χ4v) is 3.30. The molecule has 0 spiro atoms. The predicted octanol–water partition coefficient (Wildman–Crippen LogP) is 1.49. The first-order valence-electron chi connectivity index (χ1n) is 6.93. The van der Waals surface area contributed by atoms with E-state index in [0.29, 0.717) is 17.0 Å². The third-order valence-electron chi connectivity index (χ3n) is 3.99. The number of hydrogen-bond donors (Lipinski definition) is 2. The molecule has 0 radical (unpaired) electrons. The van der Waals surface area contributed by atoms with E-state index in [2.05, 4.69) is 28.9 Å². The van der Waals surface area contributed by atoms with Crippen LogP contribution in [0.2, 0.25) is 0 Å². The number of rotatable bonds is 4. The van der Waals surface area contributed by atoms with Crippen molar-refractivity contribution in [2.24, 2.45) is 0 Å². The maximum Gasteiger partial charge on any atom is 0.240 e. The first-order chi connectivity index (χ1) is 9.42. The van der Waals surface area contributed by atoms with Crippen LogP contribution < -0.4 is 10.0 Å². The number of sulfonamides is 1. The highest BCUT2D eigenvalue weighted by Crippen LogP contribution is 2.21. The molecule has 0 aliphatic carbocycles. The van der Waals surface area contributed by atoms with Crippen LogP contribution in [-0.2, 0) is 10.0 Å². The summed E-state index contributed by atoms with van der Waals surface area (Å²) in [4.78, 5) is 2.64. The maximum absolute atomic E-state index is 11.8. The van der Waals surface area contributed by atoms with Gasteiger partial charge in [0.05, 0.1) is 4.90 Å². The zero-order chi connectivity index (χ0) is 14.8. The van der Waals surface area contributed by atoms with Crippen molar-refractivity contribution in [2.45, 2.75) is 36.7 Å². The van der Waals surface area contributed by atoms with E-state index in [-0.39, 0.29) is 0 Å². The molecule has 5 nitrogen and oxygen atoms in total. The molecule has 6 heteroatoms. The summed E-state index contributed by atoms with van der Waals surface area (Å²) in [5, 5.41) is 3.45. The lowest BCUT2D eigenvalue weighted by molar-refractivity contribution is 0.190. The third-order valence-corrected chi connectivity index (χ3v) is 5.40. The first kappa shape index (κ1) is 15.3. The van der Waals surface area contributed by atoms with Crippen LogP contribution in [0.25, 0.3) is 0 Å². The molecule has 2 unspecified atom stereocenters. The molecule has 112 valence electrons. The molecule has 0 bridgehead atoms. The fraction of sp³-hybridized carbons (Fsp3) is 0.571. The molecule has 20 heavy (non-hydrogen) atoms. The van der Waals surface area contributed by atoms with Gasteiger partial charge in [0.1, 0.15) is 0 Å². The van der Waals surface area contributed by atoms with Gasteiger partial charge in [-0.2, -0.15) is 0 Å². The zero-order valence-electron chi connectivity index (χ0n) is 12.3. The summed E-state index contributed by atoms with van der Waals surface area (Å²) >= 11 is 0. The number of likely N-dealkylation sites (tertiary alicyclic amines) is 1. The zero-order valence-corrected chi connectivity index (χ0v) is 13.1. The molecule has 2 atom stereocenters. The topological polar surface area (TPSA) is 61.4 Å². The molecule has 1 aromatic rings. The average molecular weight is 297 g/mol. The van der Waals surface area contributed by atoms with Gasteiger partial charge < -0.3 is 10.2 Å². The van der Waals surface area contributed by atoms with E-state index in [1.54, 1.807) is 18.2 Å². The Balaban J connectivity index is 2.09. The van der Waals surface area contributed by atoms with Crippen LogP contribution in [0, 0.1) is 0 Å². The van der Waals surface area contributed by atoms with Gasteiger partial charge in [-0.15, -0.1) is 0 Å². The van der Waals surface area contributed by atoms with Gasteiger partial charge in [0.15, 0.2) is 0 Å². The Morgan fingerprint density at radius 1 is 1.35 bits per heavy atom. The van der Waals surface area contributed by atoms with Gasteiger partial charge in [0.25, 0.3) is 0 Å². The van der Waals surface area contributed by atoms with Crippen molar-refractivity contribution in [3.8, 4) is 0 Å². The predicted molar refractivity (Wildman–Crippen MR) is 81.4 cm³/mol. The Labute approximate surface area is 121 Å². The van der Waals surface area contributed by atoms with Crippen molar-refractivity contribution in [2.75, 3.05) is 26.0 Å². The number of piperidine rings is 1. The second-order valence-corrected chi connectivity index (χ2v) is 7.32. The Morgan fingerprint density at radius 2 is 2.10 bits per heavy atom. The average Bonchev–Trinajstić information content (AvgIpc) is 2.43. The minimum absolute atomic E-state index is 0.297. The van der Waals surface area contributed by atoms with E-state index in [9.17, 15) is 8.42 Å². The molecule has 1 saturated heterocycles. The van der Waals surface area contributed by atoms with Crippen LogP contribution in [0.1, 0.15) is 19.8 Å². The normalized spacial score (nSPS) is 24.6. The highest BCUT2D eigenvalue weighted by atomic mass is 32.2. The van der Waals surface area contributed by atoms with E-state index in [4.69, 9.17) is 0 Å². The lowest BCUT2D eigenvalue weighted by Crippen LogP contribution is -2.42. The lowest BCUT2D eigenvalue weighted by Gasteiger charge is -2.35. The quantitative estimate of drug-likeness (QED) is 0.884. The first-order valence-corrected chi connectivity index (χ1v) is 8.41. The summed E-state index contributed by atoms with van der Waals surface area (Å²) in [7, 11) is 0.185. The lowest BCUT2D eigenvalue weighted by atomic mass is 9.99. The van der Waals surface area contributed by atoms with Gasteiger partial charge in [0.2, 0.25) is 10.0 Å². The minimum Gasteiger partial charge on any atom is -0.382 e. The summed E-state index contributed by atoms with van der Waals surface area (Å²) < 4.78 is 25.9. The highest BCUT2D eigenvalue weighted by molar-refractivity contribution is 7.89. The molecule has 1 fully saturated rings. The number of nitrogens with one attached hydrogen (secondary N) is 2. The number of anilines is 1. The van der Waals surface area contributed by atoms with Crippen LogP contribution in [-0.4, -0.2) is 46.0 Å². The van der Waals surface area contributed by atoms with Gasteiger partial charge >= 0.3 is 0 Å². The Bertz CT molecular complexity index is 559. The highest BCUT2D eigenvalue weighted by Gasteiger charge is 2.22. The second kappa shape index (κ2) is 6.11. The van der Waals surface area contributed by atoms with E-state index in [1.165, 1.54) is 7.05 Å². The molecule has 1 aromatic carbocycles. The van der Waals surface area contributed by atoms with E-state index >= 15 is 0 Å². The summed E-state index contributed by atoms with van der Waals surface area (Å²) in [6, 6.07) is 7.92. The molecule has 1 heterocycles. The van der Waals surface area contributed by atoms with E-state index in [1.807, 2.05) is 6.07 Å². The van der Waals surface area contributed by atoms with Crippen LogP contribution in [0.15, 0.2) is 29.2 Å². The van der Waals surface area contributed by atoms with Gasteiger partial charge in [-0.25, -0.2) is 13.1 Å². The minimum atomic E-state index is -3.38. The molecule has 2 N–H and O–H groups in total. The standard InChI is InChI=1S/C14H23N3O2S/c1-11-9-13(7-8-17(11)3)16-12-5-4-6-14(10-12)20(18,19)15-2/h4-6,10-11,13,15-16H,7-9H2,1-3H3. The summed E-state index contributed by atoms with van der Waals surface area (Å²) in [5.74, 6) is 0. The summed E-state index contributed by atoms with van der Waals surface area (Å²) in [5.41, 5.74) is 0.864. The molecule has 1 aliphatic heterocycles. The number of nitrogens with zero attached hydrogens (tertiary/aromatic N) is 1. The Hall–Kier alpha value is -1.11. The van der Waals surface area contributed by atoms with Crippen molar-refractivity contribution >= 4 is 15.7 Å². The Morgan fingerprint density at radius 3 is 2.75 bits per heavy atom. The third kappa shape index (κ3) is 3.50. The van der Waals surface area contributed by atoms with Gasteiger partial charge in [-0.3, -0.25) is 0 Å². The van der Waals surface area contributed by atoms with Crippen molar-refractivity contribution in [1.29, 1.82) is 0 Å². The molecule has 0 amide bonds. The van der Waals surface area contributed by atoms with Crippen LogP contribution in [0.5, 0.6) is 0 Å².